The molecule has 0 fully saturated rings. The fraction of sp³-hybridized carbons (Fsp3) is 0.375. The molecule has 1 unspecified atom stereocenters. The lowest BCUT2D eigenvalue weighted by Gasteiger charge is -2.20. The molecule has 5 heteroatoms. The normalized spacial score (nSPS) is 15.6. The van der Waals surface area contributed by atoms with Crippen molar-refractivity contribution in [1.82, 2.24) is 9.97 Å². The Bertz CT molecular complexity index is 620. The van der Waals surface area contributed by atoms with Crippen LogP contribution in [0.2, 0.25) is 0 Å². The van der Waals surface area contributed by atoms with Crippen LogP contribution in [0.25, 0.3) is 0 Å². The van der Waals surface area contributed by atoms with Crippen molar-refractivity contribution >= 4 is 0 Å². The van der Waals surface area contributed by atoms with Crippen LogP contribution >= 0.6 is 0 Å². The first-order chi connectivity index (χ1) is 10.2. The Morgan fingerprint density at radius 3 is 2.38 bits per heavy atom. The minimum Gasteiger partial charge on any atom is -0.480 e. The van der Waals surface area contributed by atoms with E-state index in [1.165, 1.54) is 11.1 Å². The fourth-order valence-corrected chi connectivity index (χ4v) is 2.91. The zero-order valence-electron chi connectivity index (χ0n) is 12.2. The summed E-state index contributed by atoms with van der Waals surface area (Å²) < 4.78 is 10.4. The predicted molar refractivity (Wildman–Crippen MR) is 79.4 cm³/mol. The van der Waals surface area contributed by atoms with E-state index >= 15 is 0 Å². The Balaban J connectivity index is 1.85. The van der Waals surface area contributed by atoms with Crippen LogP contribution in [0, 0.1) is 5.92 Å². The van der Waals surface area contributed by atoms with Gasteiger partial charge in [0.15, 0.2) is 0 Å². The molecule has 0 bridgehead atoms. The summed E-state index contributed by atoms with van der Waals surface area (Å²) in [5.41, 5.74) is 9.86. The summed E-state index contributed by atoms with van der Waals surface area (Å²) in [6.45, 7) is 0. The van der Waals surface area contributed by atoms with Gasteiger partial charge in [0.25, 0.3) is 0 Å². The van der Waals surface area contributed by atoms with Crippen molar-refractivity contribution in [2.45, 2.75) is 18.9 Å². The van der Waals surface area contributed by atoms with Gasteiger partial charge in [0.05, 0.1) is 26.5 Å². The van der Waals surface area contributed by atoms with Gasteiger partial charge in [-0.3, -0.25) is 0 Å². The highest BCUT2D eigenvalue weighted by atomic mass is 16.5. The molecule has 0 saturated carbocycles. The van der Waals surface area contributed by atoms with Crippen molar-refractivity contribution in [2.75, 3.05) is 14.2 Å². The van der Waals surface area contributed by atoms with E-state index in [-0.39, 0.29) is 6.04 Å². The molecule has 2 aromatic rings. The lowest BCUT2D eigenvalue weighted by Crippen LogP contribution is -2.24. The monoisotopic (exact) mass is 285 g/mol. The minimum absolute atomic E-state index is 0.203. The van der Waals surface area contributed by atoms with E-state index in [4.69, 9.17) is 15.2 Å². The standard InChI is InChI=1S/C16H19N3O2/c1-20-13-9-18-15(16(19-13)21-2)14(17)12-7-10-5-3-4-6-11(10)8-12/h3-6,9,12,14H,7-8,17H2,1-2H3. The molecule has 1 aliphatic rings. The van der Waals surface area contributed by atoms with Crippen LogP contribution in [0.5, 0.6) is 11.8 Å². The average Bonchev–Trinajstić information content (AvgIpc) is 2.97. The molecule has 5 nitrogen and oxygen atoms in total. The number of nitrogens with zero attached hydrogens (tertiary/aromatic N) is 2. The third kappa shape index (κ3) is 2.56. The predicted octanol–water partition coefficient (Wildman–Crippen LogP) is 1.91. The highest BCUT2D eigenvalue weighted by Gasteiger charge is 2.30. The quantitative estimate of drug-likeness (QED) is 0.929. The van der Waals surface area contributed by atoms with Gasteiger partial charge in [0.1, 0.15) is 5.69 Å². The Kier molecular flexibility index (Phi) is 3.75. The van der Waals surface area contributed by atoms with E-state index in [2.05, 4.69) is 34.2 Å². The van der Waals surface area contributed by atoms with Gasteiger partial charge in [-0.25, -0.2) is 4.98 Å². The summed E-state index contributed by atoms with van der Waals surface area (Å²) in [6.07, 6.45) is 3.52. The van der Waals surface area contributed by atoms with E-state index in [0.717, 1.165) is 12.8 Å². The van der Waals surface area contributed by atoms with Crippen molar-refractivity contribution in [3.8, 4) is 11.8 Å². The third-order valence-corrected chi connectivity index (χ3v) is 4.05. The Morgan fingerprint density at radius 2 is 1.81 bits per heavy atom. The van der Waals surface area contributed by atoms with Crippen LogP contribution in [0.1, 0.15) is 22.9 Å². The maximum Gasteiger partial charge on any atom is 0.240 e. The van der Waals surface area contributed by atoms with Gasteiger partial charge in [-0.05, 0) is 29.9 Å². The first kappa shape index (κ1) is 13.8. The lowest BCUT2D eigenvalue weighted by atomic mass is 9.94. The molecule has 0 aliphatic heterocycles. The summed E-state index contributed by atoms with van der Waals surface area (Å²) in [5, 5.41) is 0. The molecular weight excluding hydrogens is 266 g/mol. The highest BCUT2D eigenvalue weighted by Crippen LogP contribution is 2.35. The summed E-state index contributed by atoms with van der Waals surface area (Å²) >= 11 is 0. The van der Waals surface area contributed by atoms with Crippen LogP contribution < -0.4 is 15.2 Å². The smallest absolute Gasteiger partial charge is 0.240 e. The number of fused-ring (bicyclic) bond motifs is 1. The van der Waals surface area contributed by atoms with Crippen LogP contribution in [-0.4, -0.2) is 24.2 Å². The van der Waals surface area contributed by atoms with E-state index in [9.17, 15) is 0 Å². The molecule has 1 aromatic heterocycles. The summed E-state index contributed by atoms with van der Waals surface area (Å²) in [4.78, 5) is 8.65. The van der Waals surface area contributed by atoms with E-state index in [0.29, 0.717) is 23.4 Å². The first-order valence-corrected chi connectivity index (χ1v) is 7.00. The Morgan fingerprint density at radius 1 is 1.14 bits per heavy atom. The Labute approximate surface area is 124 Å². The number of hydrogen-bond acceptors (Lipinski definition) is 5. The summed E-state index contributed by atoms with van der Waals surface area (Å²) in [7, 11) is 3.12. The minimum atomic E-state index is -0.203. The van der Waals surface area contributed by atoms with Crippen LogP contribution in [0.3, 0.4) is 0 Å². The van der Waals surface area contributed by atoms with E-state index in [1.807, 2.05) is 0 Å². The van der Waals surface area contributed by atoms with Gasteiger partial charge < -0.3 is 15.2 Å². The number of benzene rings is 1. The van der Waals surface area contributed by atoms with Crippen molar-refractivity contribution in [1.29, 1.82) is 0 Å². The maximum atomic E-state index is 6.42. The number of hydrogen-bond donors (Lipinski definition) is 1. The topological polar surface area (TPSA) is 70.3 Å². The molecule has 2 N–H and O–H groups in total. The maximum absolute atomic E-state index is 6.42. The summed E-state index contributed by atoms with van der Waals surface area (Å²) in [6, 6.07) is 8.27. The second-order valence-electron chi connectivity index (χ2n) is 5.27. The number of ether oxygens (including phenoxy) is 2. The molecule has 3 rings (SSSR count). The summed E-state index contributed by atoms with van der Waals surface area (Å²) in [5.74, 6) is 1.19. The number of aromatic nitrogens is 2. The third-order valence-electron chi connectivity index (χ3n) is 4.05. The van der Waals surface area contributed by atoms with E-state index in [1.54, 1.807) is 20.4 Å². The molecule has 0 spiro atoms. The molecule has 1 heterocycles. The molecule has 0 amide bonds. The van der Waals surface area contributed by atoms with Gasteiger partial charge in [-0.15, -0.1) is 0 Å². The van der Waals surface area contributed by atoms with Crippen molar-refractivity contribution < 1.29 is 9.47 Å². The van der Waals surface area contributed by atoms with Crippen molar-refractivity contribution in [3.05, 3.63) is 47.3 Å². The molecule has 21 heavy (non-hydrogen) atoms. The van der Waals surface area contributed by atoms with E-state index < -0.39 is 0 Å². The highest BCUT2D eigenvalue weighted by molar-refractivity contribution is 5.34. The first-order valence-electron chi connectivity index (χ1n) is 7.00. The van der Waals surface area contributed by atoms with Crippen LogP contribution in [0.4, 0.5) is 0 Å². The van der Waals surface area contributed by atoms with Gasteiger partial charge in [-0.2, -0.15) is 4.98 Å². The number of rotatable bonds is 4. The fourth-order valence-electron chi connectivity index (χ4n) is 2.91. The van der Waals surface area contributed by atoms with Crippen molar-refractivity contribution in [3.63, 3.8) is 0 Å². The zero-order valence-corrected chi connectivity index (χ0v) is 12.2. The van der Waals surface area contributed by atoms with Crippen LogP contribution in [0.15, 0.2) is 30.5 Å². The zero-order chi connectivity index (χ0) is 14.8. The van der Waals surface area contributed by atoms with Gasteiger partial charge in [0, 0.05) is 0 Å². The molecule has 1 aliphatic carbocycles. The van der Waals surface area contributed by atoms with Gasteiger partial charge in [0.2, 0.25) is 11.8 Å². The average molecular weight is 285 g/mol. The van der Waals surface area contributed by atoms with Crippen molar-refractivity contribution in [2.24, 2.45) is 11.7 Å². The second-order valence-corrected chi connectivity index (χ2v) is 5.27. The molecular formula is C16H19N3O2. The van der Waals surface area contributed by atoms with Crippen LogP contribution in [-0.2, 0) is 12.8 Å². The molecule has 1 atom stereocenters. The SMILES string of the molecule is COc1cnc(C(N)C2Cc3ccccc3C2)c(OC)n1. The van der Waals surface area contributed by atoms with Gasteiger partial charge >= 0.3 is 0 Å². The second kappa shape index (κ2) is 5.69. The lowest BCUT2D eigenvalue weighted by molar-refractivity contribution is 0.343. The molecule has 1 aromatic carbocycles. The molecule has 0 radical (unpaired) electrons. The molecule has 0 saturated heterocycles. The number of nitrogens with two attached hydrogens (primary N) is 1. The van der Waals surface area contributed by atoms with Gasteiger partial charge in [-0.1, -0.05) is 24.3 Å². The Hall–Kier alpha value is -2.14. The molecule has 110 valence electrons. The largest absolute Gasteiger partial charge is 0.480 e. The number of methoxy groups -OCH3 is 2.